The minimum atomic E-state index is -1.00. The quantitative estimate of drug-likeness (QED) is 0.0517. The Labute approximate surface area is 350 Å². The molecule has 0 aliphatic carbocycles. The molecule has 11 aromatic rings. The number of aromatic hydroxyl groups is 5. The second kappa shape index (κ2) is 13.9. The first-order valence-corrected chi connectivity index (χ1v) is 20.1. The molecule has 0 radical (unpaired) electrons. The molecule has 5 heteroatoms. The summed E-state index contributed by atoms with van der Waals surface area (Å²) in [4.78, 5) is 0. The molecule has 11 aromatic carbocycles. The lowest BCUT2D eigenvalue weighted by Gasteiger charge is -2.21. The first-order chi connectivity index (χ1) is 29.8. The molecule has 0 saturated carbocycles. The molecule has 0 unspecified atom stereocenters. The van der Waals surface area contributed by atoms with E-state index >= 15 is 0 Å². The van der Waals surface area contributed by atoms with Gasteiger partial charge in [0, 0.05) is 5.56 Å². The van der Waals surface area contributed by atoms with Gasteiger partial charge < -0.3 is 25.5 Å². The molecular weight excluding hydrogens is 753 g/mol. The highest BCUT2D eigenvalue weighted by Crippen LogP contribution is 2.58. The normalized spacial score (nSPS) is 11.6. The Morgan fingerprint density at radius 2 is 0.705 bits per heavy atom. The molecular formula is C56H36O5. The molecule has 0 aliphatic rings. The molecule has 5 nitrogen and oxygen atoms in total. The van der Waals surface area contributed by atoms with Crippen LogP contribution in [0.3, 0.4) is 0 Å². The predicted octanol–water partition coefficient (Wildman–Crippen LogP) is 14.3. The van der Waals surface area contributed by atoms with Crippen molar-refractivity contribution in [2.24, 2.45) is 0 Å². The summed E-state index contributed by atoms with van der Waals surface area (Å²) in [5.74, 6) is -4.33. The van der Waals surface area contributed by atoms with Crippen LogP contribution in [0.1, 0.15) is 0 Å². The molecule has 0 spiro atoms. The number of fused-ring (bicyclic) bond motifs is 6. The highest BCUT2D eigenvalue weighted by atomic mass is 16.4. The lowest BCUT2D eigenvalue weighted by Crippen LogP contribution is -1.93. The van der Waals surface area contributed by atoms with E-state index < -0.39 is 28.7 Å². The Bertz CT molecular complexity index is 3530. The molecule has 0 aliphatic heterocycles. The van der Waals surface area contributed by atoms with E-state index in [2.05, 4.69) is 115 Å². The molecule has 0 atom stereocenters. The molecule has 0 fully saturated rings. The van der Waals surface area contributed by atoms with Crippen LogP contribution in [-0.2, 0) is 0 Å². The zero-order chi connectivity index (χ0) is 41.4. The summed E-state index contributed by atoms with van der Waals surface area (Å²) in [5.41, 5.74) is 8.46. The van der Waals surface area contributed by atoms with Gasteiger partial charge in [0.25, 0.3) is 0 Å². The van der Waals surface area contributed by atoms with Crippen LogP contribution >= 0.6 is 0 Å². The van der Waals surface area contributed by atoms with Crippen molar-refractivity contribution in [1.29, 1.82) is 0 Å². The summed E-state index contributed by atoms with van der Waals surface area (Å²) < 4.78 is 0. The van der Waals surface area contributed by atoms with Gasteiger partial charge in [-0.15, -0.1) is 0 Å². The molecule has 0 bridgehead atoms. The van der Waals surface area contributed by atoms with Gasteiger partial charge in [-0.2, -0.15) is 0 Å². The van der Waals surface area contributed by atoms with Gasteiger partial charge in [0.2, 0.25) is 17.2 Å². The number of benzene rings is 11. The highest BCUT2D eigenvalue weighted by Gasteiger charge is 2.28. The Balaban J connectivity index is 1.02. The number of rotatable bonds is 5. The van der Waals surface area contributed by atoms with E-state index in [4.69, 9.17) is 0 Å². The van der Waals surface area contributed by atoms with Crippen molar-refractivity contribution in [2.75, 3.05) is 0 Å². The van der Waals surface area contributed by atoms with Gasteiger partial charge in [-0.25, -0.2) is 0 Å². The van der Waals surface area contributed by atoms with E-state index in [1.54, 1.807) is 0 Å². The van der Waals surface area contributed by atoms with E-state index in [1.807, 2.05) is 72.8 Å². The number of phenols is 5. The maximum absolute atomic E-state index is 11.3. The molecule has 61 heavy (non-hydrogen) atoms. The predicted molar refractivity (Wildman–Crippen MR) is 249 cm³/mol. The number of phenolic OH excluding ortho intramolecular Hbond substituents is 5. The number of hydrogen-bond donors (Lipinski definition) is 5. The summed E-state index contributed by atoms with van der Waals surface area (Å²) in [6, 6.07) is 64.9. The molecule has 0 aromatic heterocycles. The minimum absolute atomic E-state index is 0.185. The van der Waals surface area contributed by atoms with Crippen LogP contribution in [0.5, 0.6) is 28.7 Å². The third kappa shape index (κ3) is 5.70. The van der Waals surface area contributed by atoms with Crippen LogP contribution in [0.2, 0.25) is 0 Å². The Morgan fingerprint density at radius 1 is 0.213 bits per heavy atom. The smallest absolute Gasteiger partial charge is 0.208 e. The van der Waals surface area contributed by atoms with Crippen molar-refractivity contribution in [3.63, 3.8) is 0 Å². The van der Waals surface area contributed by atoms with Crippen LogP contribution in [0, 0.1) is 0 Å². The monoisotopic (exact) mass is 788 g/mol. The third-order valence-corrected chi connectivity index (χ3v) is 12.2. The Kier molecular flexibility index (Phi) is 8.19. The van der Waals surface area contributed by atoms with E-state index in [9.17, 15) is 25.5 Å². The fourth-order valence-electron chi connectivity index (χ4n) is 9.20. The number of hydrogen-bond acceptors (Lipinski definition) is 5. The Hall–Kier alpha value is -8.28. The SMILES string of the molecule is Oc1c(O)c(O)c(-c2c3ccccc3c(-c3ccc(-c4ccc(-c5cccc6c5ccc5cc7ccccc7cc56)cc4)cc3)c3ccc(-c4ccccc4)cc23)c(O)c1O. The van der Waals surface area contributed by atoms with Gasteiger partial charge in [0.05, 0.1) is 5.56 Å². The molecule has 0 amide bonds. The lowest BCUT2D eigenvalue weighted by molar-refractivity contribution is 0.330. The summed E-state index contributed by atoms with van der Waals surface area (Å²) in [6.07, 6.45) is 0. The van der Waals surface area contributed by atoms with Crippen LogP contribution in [-0.4, -0.2) is 25.5 Å². The molecule has 0 heterocycles. The van der Waals surface area contributed by atoms with Crippen molar-refractivity contribution in [3.05, 3.63) is 188 Å². The zero-order valence-corrected chi connectivity index (χ0v) is 32.6. The topological polar surface area (TPSA) is 101 Å². The molecule has 290 valence electrons. The third-order valence-electron chi connectivity index (χ3n) is 12.2. The first kappa shape index (κ1) is 35.8. The largest absolute Gasteiger partial charge is 0.504 e. The van der Waals surface area contributed by atoms with Gasteiger partial charge in [-0.05, 0) is 117 Å². The van der Waals surface area contributed by atoms with Crippen molar-refractivity contribution < 1.29 is 25.5 Å². The van der Waals surface area contributed by atoms with Crippen molar-refractivity contribution in [1.82, 2.24) is 0 Å². The highest BCUT2D eigenvalue weighted by molar-refractivity contribution is 6.23. The maximum Gasteiger partial charge on any atom is 0.208 e. The van der Waals surface area contributed by atoms with E-state index in [-0.39, 0.29) is 5.56 Å². The average molecular weight is 789 g/mol. The van der Waals surface area contributed by atoms with Crippen LogP contribution in [0.25, 0.3) is 109 Å². The summed E-state index contributed by atoms with van der Waals surface area (Å²) in [7, 11) is 0. The van der Waals surface area contributed by atoms with Gasteiger partial charge in [0.1, 0.15) is 0 Å². The van der Waals surface area contributed by atoms with Crippen molar-refractivity contribution in [3.8, 4) is 84.4 Å². The van der Waals surface area contributed by atoms with Gasteiger partial charge >= 0.3 is 0 Å². The van der Waals surface area contributed by atoms with Crippen LogP contribution in [0.4, 0.5) is 0 Å². The second-order valence-electron chi connectivity index (χ2n) is 15.6. The summed E-state index contributed by atoms with van der Waals surface area (Å²) in [6.45, 7) is 0. The molecule has 5 N–H and O–H groups in total. The fraction of sp³-hybridized carbons (Fsp3) is 0. The van der Waals surface area contributed by atoms with E-state index in [0.717, 1.165) is 49.7 Å². The molecule has 11 rings (SSSR count). The Morgan fingerprint density at radius 3 is 1.39 bits per heavy atom. The fourth-order valence-corrected chi connectivity index (χ4v) is 9.20. The average Bonchev–Trinajstić information content (AvgIpc) is 3.32. The zero-order valence-electron chi connectivity index (χ0n) is 32.6. The van der Waals surface area contributed by atoms with Crippen LogP contribution in [0.15, 0.2) is 188 Å². The van der Waals surface area contributed by atoms with Gasteiger partial charge in [-0.1, -0.05) is 170 Å². The summed E-state index contributed by atoms with van der Waals surface area (Å²) in [5, 5.41) is 64.6. The van der Waals surface area contributed by atoms with Crippen molar-refractivity contribution >= 4 is 53.9 Å². The van der Waals surface area contributed by atoms with Gasteiger partial charge in [0.15, 0.2) is 11.5 Å². The second-order valence-corrected chi connectivity index (χ2v) is 15.6. The summed E-state index contributed by atoms with van der Waals surface area (Å²) >= 11 is 0. The van der Waals surface area contributed by atoms with Crippen LogP contribution < -0.4 is 0 Å². The minimum Gasteiger partial charge on any atom is -0.504 e. The molecule has 0 saturated heterocycles. The van der Waals surface area contributed by atoms with E-state index in [0.29, 0.717) is 16.3 Å². The lowest BCUT2D eigenvalue weighted by atomic mass is 9.84. The standard InChI is InChI=1S/C56H36O5/c57-52-51(53(58)55(60)56(61)54(52)59)50-45-14-7-6-13-44(45)49(46-28-25-39(31-48(46)50)32-9-2-1-3-10-32)36-23-19-34(20-24-36)33-17-21-35(22-18-33)41-15-8-16-42-43(41)27-26-40-29-37-11-4-5-12-38(37)30-47(40)42/h1-31,57-61H. The maximum atomic E-state index is 11.3. The van der Waals surface area contributed by atoms with Gasteiger partial charge in [-0.3, -0.25) is 0 Å². The van der Waals surface area contributed by atoms with Crippen molar-refractivity contribution in [2.45, 2.75) is 0 Å². The first-order valence-electron chi connectivity index (χ1n) is 20.1. The van der Waals surface area contributed by atoms with E-state index in [1.165, 1.54) is 37.9 Å².